The fourth-order valence-corrected chi connectivity index (χ4v) is 3.19. The summed E-state index contributed by atoms with van der Waals surface area (Å²) in [6.07, 6.45) is 0. The van der Waals surface area contributed by atoms with Crippen molar-refractivity contribution in [1.82, 2.24) is 0 Å². The van der Waals surface area contributed by atoms with Gasteiger partial charge in [0.25, 0.3) is 0 Å². The fourth-order valence-electron chi connectivity index (χ4n) is 1.91. The van der Waals surface area contributed by atoms with Crippen LogP contribution in [0.2, 0.25) is 15.1 Å². The summed E-state index contributed by atoms with van der Waals surface area (Å²) in [4.78, 5) is 0. The zero-order valence-corrected chi connectivity index (χ0v) is 14.0. The summed E-state index contributed by atoms with van der Waals surface area (Å²) < 4.78 is 19.3. The average molecular weight is 368 g/mol. The summed E-state index contributed by atoms with van der Waals surface area (Å²) in [7, 11) is 0. The Kier molecular flexibility index (Phi) is 5.61. The van der Waals surface area contributed by atoms with E-state index in [9.17, 15) is 4.39 Å². The monoisotopic (exact) mass is 366 g/mol. The Bertz CT molecular complexity index is 640. The highest BCUT2D eigenvalue weighted by atomic mass is 35.5. The molecule has 0 aliphatic carbocycles. The molecule has 2 aromatic rings. The van der Waals surface area contributed by atoms with Crippen LogP contribution >= 0.6 is 46.4 Å². The summed E-state index contributed by atoms with van der Waals surface area (Å²) in [6, 6.07) is 7.50. The minimum absolute atomic E-state index is 0.169. The molecule has 0 saturated carbocycles. The van der Waals surface area contributed by atoms with Gasteiger partial charge in [0.05, 0.1) is 17.0 Å². The molecule has 0 fully saturated rings. The van der Waals surface area contributed by atoms with Crippen molar-refractivity contribution in [3.63, 3.8) is 0 Å². The molecule has 1 unspecified atom stereocenters. The summed E-state index contributed by atoms with van der Waals surface area (Å²) in [5, 5.41) is 0.0759. The molecule has 2 aromatic carbocycles. The first kappa shape index (κ1) is 16.7. The van der Waals surface area contributed by atoms with Crippen LogP contribution in [-0.4, -0.2) is 6.61 Å². The number of alkyl halides is 1. The van der Waals surface area contributed by atoms with Crippen LogP contribution in [0.4, 0.5) is 4.39 Å². The van der Waals surface area contributed by atoms with Gasteiger partial charge in [-0.2, -0.15) is 0 Å². The summed E-state index contributed by atoms with van der Waals surface area (Å²) in [5.74, 6) is -0.0417. The van der Waals surface area contributed by atoms with Crippen molar-refractivity contribution in [2.45, 2.75) is 12.3 Å². The molecule has 0 bridgehead atoms. The van der Waals surface area contributed by atoms with Crippen molar-refractivity contribution in [2.24, 2.45) is 0 Å². The maximum absolute atomic E-state index is 13.9. The summed E-state index contributed by atoms with van der Waals surface area (Å²) >= 11 is 24.7. The van der Waals surface area contributed by atoms with Crippen LogP contribution in [0.5, 0.6) is 5.75 Å². The molecule has 1 nitrogen and oxygen atoms in total. The molecule has 0 heterocycles. The van der Waals surface area contributed by atoms with E-state index in [2.05, 4.69) is 0 Å². The molecular weight excluding hydrogens is 357 g/mol. The molecule has 6 heteroatoms. The van der Waals surface area contributed by atoms with Crippen LogP contribution in [0.25, 0.3) is 0 Å². The van der Waals surface area contributed by atoms with Crippen molar-refractivity contribution in [3.05, 3.63) is 62.3 Å². The maximum atomic E-state index is 13.9. The van der Waals surface area contributed by atoms with E-state index >= 15 is 0 Å². The quantitative estimate of drug-likeness (QED) is 0.559. The van der Waals surface area contributed by atoms with E-state index in [4.69, 9.17) is 51.1 Å². The largest absolute Gasteiger partial charge is 0.492 e. The number of rotatable bonds is 4. The van der Waals surface area contributed by atoms with Gasteiger partial charge < -0.3 is 4.74 Å². The van der Waals surface area contributed by atoms with Crippen molar-refractivity contribution in [2.75, 3.05) is 6.61 Å². The van der Waals surface area contributed by atoms with Gasteiger partial charge in [-0.05, 0) is 30.7 Å². The Hall–Kier alpha value is -0.670. The summed E-state index contributed by atoms with van der Waals surface area (Å²) in [6.45, 7) is 2.29. The lowest BCUT2D eigenvalue weighted by atomic mass is 10.0. The van der Waals surface area contributed by atoms with E-state index in [0.717, 1.165) is 0 Å². The molecule has 2 rings (SSSR count). The van der Waals surface area contributed by atoms with Crippen LogP contribution < -0.4 is 4.74 Å². The minimum Gasteiger partial charge on any atom is -0.492 e. The first-order chi connectivity index (χ1) is 9.95. The van der Waals surface area contributed by atoms with Crippen LogP contribution in [0.15, 0.2) is 30.3 Å². The molecule has 21 heavy (non-hydrogen) atoms. The van der Waals surface area contributed by atoms with E-state index in [0.29, 0.717) is 28.0 Å². The molecule has 0 aliphatic heterocycles. The fraction of sp³-hybridized carbons (Fsp3) is 0.200. The molecular formula is C15H11Cl4FO. The number of benzene rings is 2. The Morgan fingerprint density at radius 2 is 1.81 bits per heavy atom. The van der Waals surface area contributed by atoms with Gasteiger partial charge >= 0.3 is 0 Å². The van der Waals surface area contributed by atoms with Gasteiger partial charge in [0.15, 0.2) is 0 Å². The Morgan fingerprint density at radius 3 is 2.43 bits per heavy atom. The van der Waals surface area contributed by atoms with Gasteiger partial charge in [-0.3, -0.25) is 0 Å². The molecule has 0 N–H and O–H groups in total. The smallest absolute Gasteiger partial charge is 0.139 e. The van der Waals surface area contributed by atoms with Crippen molar-refractivity contribution >= 4 is 46.4 Å². The van der Waals surface area contributed by atoms with E-state index in [-0.39, 0.29) is 10.6 Å². The van der Waals surface area contributed by atoms with Gasteiger partial charge in [-0.15, -0.1) is 11.6 Å². The molecule has 0 radical (unpaired) electrons. The molecule has 0 aliphatic rings. The standard InChI is InChI=1S/C15H11Cl4FO/c1-2-21-13-7-10(17)8(6-11(13)18)15(19)14-9(16)4-3-5-12(14)20/h3-7,15H,2H2,1H3. The van der Waals surface area contributed by atoms with E-state index in [1.165, 1.54) is 12.1 Å². The topological polar surface area (TPSA) is 9.23 Å². The molecule has 1 atom stereocenters. The van der Waals surface area contributed by atoms with Crippen LogP contribution in [0.3, 0.4) is 0 Å². The Labute approximate surface area is 142 Å². The second-order valence-electron chi connectivity index (χ2n) is 4.24. The minimum atomic E-state index is -0.848. The zero-order chi connectivity index (χ0) is 15.6. The van der Waals surface area contributed by atoms with E-state index in [1.54, 1.807) is 18.2 Å². The predicted octanol–water partition coefficient (Wildman–Crippen LogP) is 6.51. The third kappa shape index (κ3) is 3.57. The molecule has 0 spiro atoms. The third-order valence-electron chi connectivity index (χ3n) is 2.88. The van der Waals surface area contributed by atoms with Gasteiger partial charge in [0.1, 0.15) is 11.6 Å². The first-order valence-electron chi connectivity index (χ1n) is 6.15. The van der Waals surface area contributed by atoms with Crippen molar-refractivity contribution < 1.29 is 9.13 Å². The van der Waals surface area contributed by atoms with E-state index < -0.39 is 11.2 Å². The van der Waals surface area contributed by atoms with E-state index in [1.807, 2.05) is 6.92 Å². The number of hydrogen-bond acceptors (Lipinski definition) is 1. The maximum Gasteiger partial charge on any atom is 0.139 e. The highest BCUT2D eigenvalue weighted by Crippen LogP contribution is 2.41. The lowest BCUT2D eigenvalue weighted by Gasteiger charge is -2.16. The third-order valence-corrected chi connectivity index (χ3v) is 4.28. The predicted molar refractivity (Wildman–Crippen MR) is 86.7 cm³/mol. The zero-order valence-electron chi connectivity index (χ0n) is 11.0. The van der Waals surface area contributed by atoms with Crippen molar-refractivity contribution in [1.29, 1.82) is 0 Å². The Morgan fingerprint density at radius 1 is 1.10 bits per heavy atom. The SMILES string of the molecule is CCOc1cc(Cl)c(C(Cl)c2c(F)cccc2Cl)cc1Cl. The second kappa shape index (κ2) is 7.06. The van der Waals surface area contributed by atoms with Crippen LogP contribution in [0, 0.1) is 5.82 Å². The molecule has 112 valence electrons. The number of halogens is 5. The lowest BCUT2D eigenvalue weighted by molar-refractivity contribution is 0.340. The number of ether oxygens (including phenoxy) is 1. The molecule has 0 saturated heterocycles. The first-order valence-corrected chi connectivity index (χ1v) is 7.72. The number of hydrogen-bond donors (Lipinski definition) is 0. The molecule has 0 amide bonds. The summed E-state index contributed by atoms with van der Waals surface area (Å²) in [5.41, 5.74) is 0.641. The highest BCUT2D eigenvalue weighted by Gasteiger charge is 2.22. The highest BCUT2D eigenvalue weighted by molar-refractivity contribution is 6.36. The van der Waals surface area contributed by atoms with Crippen LogP contribution in [-0.2, 0) is 0 Å². The van der Waals surface area contributed by atoms with Crippen LogP contribution in [0.1, 0.15) is 23.4 Å². The lowest BCUT2D eigenvalue weighted by Crippen LogP contribution is -2.01. The van der Waals surface area contributed by atoms with Gasteiger partial charge in [-0.25, -0.2) is 4.39 Å². The Balaban J connectivity index is 2.49. The second-order valence-corrected chi connectivity index (χ2v) is 5.89. The van der Waals surface area contributed by atoms with Gasteiger partial charge in [0.2, 0.25) is 0 Å². The van der Waals surface area contributed by atoms with Gasteiger partial charge in [-0.1, -0.05) is 40.9 Å². The normalized spacial score (nSPS) is 12.3. The molecule has 0 aromatic heterocycles. The van der Waals surface area contributed by atoms with Crippen molar-refractivity contribution in [3.8, 4) is 5.75 Å². The van der Waals surface area contributed by atoms with Gasteiger partial charge in [0, 0.05) is 21.7 Å². The average Bonchev–Trinajstić information content (AvgIpc) is 2.42.